The summed E-state index contributed by atoms with van der Waals surface area (Å²) in [5.74, 6) is 0.659. The van der Waals surface area contributed by atoms with Crippen LogP contribution in [0.15, 0.2) is 84.5 Å². The third-order valence-electron chi connectivity index (χ3n) is 4.88. The van der Waals surface area contributed by atoms with E-state index >= 15 is 0 Å². The van der Waals surface area contributed by atoms with Gasteiger partial charge in [0.1, 0.15) is 4.88 Å². The van der Waals surface area contributed by atoms with E-state index in [9.17, 15) is 4.79 Å². The minimum Gasteiger partial charge on any atom is -0.333 e. The summed E-state index contributed by atoms with van der Waals surface area (Å²) in [6, 6.07) is 21.9. The van der Waals surface area contributed by atoms with Crippen molar-refractivity contribution in [3.8, 4) is 33.1 Å². The number of thiazole rings is 1. The molecule has 0 saturated heterocycles. The van der Waals surface area contributed by atoms with Gasteiger partial charge in [-0.05, 0) is 17.0 Å². The smallest absolute Gasteiger partial charge is 0.268 e. The van der Waals surface area contributed by atoms with Gasteiger partial charge in [-0.2, -0.15) is 0 Å². The first-order chi connectivity index (χ1) is 15.2. The van der Waals surface area contributed by atoms with E-state index < -0.39 is 0 Å². The number of anilines is 1. The van der Waals surface area contributed by atoms with E-state index in [-0.39, 0.29) is 5.91 Å². The molecule has 5 nitrogen and oxygen atoms in total. The van der Waals surface area contributed by atoms with Gasteiger partial charge in [0.15, 0.2) is 11.0 Å². The number of thiophene rings is 1. The van der Waals surface area contributed by atoms with Gasteiger partial charge in [0.05, 0.1) is 10.6 Å². The number of nitrogens with zero attached hydrogens (tertiary/aromatic N) is 3. The molecule has 3 aromatic heterocycles. The van der Waals surface area contributed by atoms with Gasteiger partial charge in [0.25, 0.3) is 5.91 Å². The lowest BCUT2D eigenvalue weighted by atomic mass is 10.1. The molecular weight excluding hydrogens is 424 g/mol. The second kappa shape index (κ2) is 8.29. The van der Waals surface area contributed by atoms with Crippen molar-refractivity contribution in [1.82, 2.24) is 14.5 Å². The van der Waals surface area contributed by atoms with Gasteiger partial charge in [0, 0.05) is 30.6 Å². The Kier molecular flexibility index (Phi) is 5.19. The Bertz CT molecular complexity index is 1340. The molecule has 0 unspecified atom stereocenters. The Morgan fingerprint density at radius 2 is 1.68 bits per heavy atom. The molecular formula is C24H18N4OS2. The third-order valence-corrected chi connectivity index (χ3v) is 6.76. The molecule has 0 aliphatic rings. The molecule has 0 atom stereocenters. The van der Waals surface area contributed by atoms with Crippen LogP contribution in [0.4, 0.5) is 5.13 Å². The number of nitrogens with one attached hydrogen (secondary N) is 1. The molecule has 0 fully saturated rings. The topological polar surface area (TPSA) is 59.8 Å². The molecule has 3 heterocycles. The number of hydrogen-bond donors (Lipinski definition) is 1. The summed E-state index contributed by atoms with van der Waals surface area (Å²) in [4.78, 5) is 24.0. The molecule has 1 amide bonds. The molecule has 0 aliphatic heterocycles. The Morgan fingerprint density at radius 1 is 0.968 bits per heavy atom. The zero-order valence-corrected chi connectivity index (χ0v) is 18.3. The van der Waals surface area contributed by atoms with Crippen LogP contribution >= 0.6 is 22.7 Å². The molecule has 0 bridgehead atoms. The SMILES string of the molecule is Cn1ccnc1-c1sc(NC(=O)c2sccc2-c2ccccc2)nc1-c1ccccc1. The third kappa shape index (κ3) is 3.81. The lowest BCUT2D eigenvalue weighted by Gasteiger charge is -2.04. The molecule has 152 valence electrons. The fourth-order valence-electron chi connectivity index (χ4n) is 3.39. The summed E-state index contributed by atoms with van der Waals surface area (Å²) in [5.41, 5.74) is 3.74. The predicted molar refractivity (Wildman–Crippen MR) is 127 cm³/mol. The van der Waals surface area contributed by atoms with Gasteiger partial charge in [-0.3, -0.25) is 10.1 Å². The molecule has 31 heavy (non-hydrogen) atoms. The van der Waals surface area contributed by atoms with E-state index in [1.807, 2.05) is 89.9 Å². The predicted octanol–water partition coefficient (Wildman–Crippen LogP) is 6.19. The maximum atomic E-state index is 13.1. The van der Waals surface area contributed by atoms with Gasteiger partial charge >= 0.3 is 0 Å². The largest absolute Gasteiger partial charge is 0.333 e. The number of imidazole rings is 1. The second-order valence-electron chi connectivity index (χ2n) is 6.91. The Hall–Kier alpha value is -3.55. The van der Waals surface area contributed by atoms with E-state index in [1.165, 1.54) is 22.7 Å². The van der Waals surface area contributed by atoms with E-state index in [2.05, 4.69) is 10.3 Å². The number of carbonyl (C=O) groups is 1. The van der Waals surface area contributed by atoms with Gasteiger partial charge in [-0.15, -0.1) is 11.3 Å². The van der Waals surface area contributed by atoms with Crippen LogP contribution in [0.5, 0.6) is 0 Å². The quantitative estimate of drug-likeness (QED) is 0.353. The lowest BCUT2D eigenvalue weighted by molar-refractivity contribution is 0.103. The first-order valence-corrected chi connectivity index (χ1v) is 11.4. The van der Waals surface area contributed by atoms with Crippen LogP contribution in [-0.4, -0.2) is 20.4 Å². The lowest BCUT2D eigenvalue weighted by Crippen LogP contribution is -2.11. The van der Waals surface area contributed by atoms with E-state index in [0.717, 1.165) is 33.1 Å². The van der Waals surface area contributed by atoms with Crippen molar-refractivity contribution in [3.05, 3.63) is 89.4 Å². The molecule has 5 rings (SSSR count). The Labute approximate surface area is 187 Å². The van der Waals surface area contributed by atoms with Crippen molar-refractivity contribution < 1.29 is 4.79 Å². The Morgan fingerprint density at radius 3 is 2.35 bits per heavy atom. The molecule has 5 aromatic rings. The minimum absolute atomic E-state index is 0.159. The zero-order chi connectivity index (χ0) is 21.2. The molecule has 1 N–H and O–H groups in total. The summed E-state index contributed by atoms with van der Waals surface area (Å²) in [7, 11) is 1.95. The maximum Gasteiger partial charge on any atom is 0.268 e. The number of aryl methyl sites for hydroxylation is 1. The van der Waals surface area contributed by atoms with Gasteiger partial charge < -0.3 is 4.57 Å². The number of benzene rings is 2. The highest BCUT2D eigenvalue weighted by molar-refractivity contribution is 7.19. The second-order valence-corrected chi connectivity index (χ2v) is 8.82. The highest BCUT2D eigenvalue weighted by Crippen LogP contribution is 2.38. The number of carbonyl (C=O) groups excluding carboxylic acids is 1. The van der Waals surface area contributed by atoms with Gasteiger partial charge in [-0.25, -0.2) is 9.97 Å². The standard InChI is InChI=1S/C24H18N4OS2/c1-28-14-13-25-22(28)21-19(17-10-6-3-7-11-17)26-24(31-21)27-23(29)20-18(12-15-30-20)16-8-4-2-5-9-16/h2-15H,1H3,(H,26,27,29). The molecule has 2 aromatic carbocycles. The first-order valence-electron chi connectivity index (χ1n) is 9.69. The first kappa shape index (κ1) is 19.4. The Balaban J connectivity index is 1.51. The fraction of sp³-hybridized carbons (Fsp3) is 0.0417. The zero-order valence-electron chi connectivity index (χ0n) is 16.6. The monoisotopic (exact) mass is 442 g/mol. The van der Waals surface area contributed by atoms with Crippen LogP contribution < -0.4 is 5.32 Å². The number of hydrogen-bond acceptors (Lipinski definition) is 5. The van der Waals surface area contributed by atoms with Crippen molar-refractivity contribution in [2.24, 2.45) is 7.05 Å². The highest BCUT2D eigenvalue weighted by Gasteiger charge is 2.21. The van der Waals surface area contributed by atoms with Crippen LogP contribution in [0, 0.1) is 0 Å². The maximum absolute atomic E-state index is 13.1. The molecule has 0 spiro atoms. The minimum atomic E-state index is -0.159. The van der Waals surface area contributed by atoms with Crippen molar-refractivity contribution in [3.63, 3.8) is 0 Å². The van der Waals surface area contributed by atoms with E-state index in [4.69, 9.17) is 4.98 Å². The number of rotatable bonds is 5. The fourth-order valence-corrected chi connectivity index (χ4v) is 5.22. The summed E-state index contributed by atoms with van der Waals surface area (Å²) < 4.78 is 1.96. The van der Waals surface area contributed by atoms with Gasteiger partial charge in [0.2, 0.25) is 0 Å². The summed E-state index contributed by atoms with van der Waals surface area (Å²) >= 11 is 2.86. The van der Waals surface area contributed by atoms with Crippen LogP contribution in [0.3, 0.4) is 0 Å². The molecule has 7 heteroatoms. The number of aromatic nitrogens is 3. The summed E-state index contributed by atoms with van der Waals surface area (Å²) in [6.07, 6.45) is 3.67. The van der Waals surface area contributed by atoms with E-state index in [1.54, 1.807) is 6.20 Å². The van der Waals surface area contributed by atoms with Crippen molar-refractivity contribution in [2.75, 3.05) is 5.32 Å². The summed E-state index contributed by atoms with van der Waals surface area (Å²) in [6.45, 7) is 0. The van der Waals surface area contributed by atoms with Crippen LogP contribution in [0.25, 0.3) is 33.1 Å². The van der Waals surface area contributed by atoms with E-state index in [0.29, 0.717) is 10.0 Å². The summed E-state index contributed by atoms with van der Waals surface area (Å²) in [5, 5.41) is 5.50. The van der Waals surface area contributed by atoms with Crippen LogP contribution in [0.1, 0.15) is 9.67 Å². The normalized spacial score (nSPS) is 10.9. The molecule has 0 aliphatic carbocycles. The highest BCUT2D eigenvalue weighted by atomic mass is 32.1. The average molecular weight is 443 g/mol. The van der Waals surface area contributed by atoms with Crippen molar-refractivity contribution in [2.45, 2.75) is 0 Å². The molecule has 0 radical (unpaired) electrons. The van der Waals surface area contributed by atoms with Gasteiger partial charge in [-0.1, -0.05) is 72.0 Å². The molecule has 0 saturated carbocycles. The van der Waals surface area contributed by atoms with Crippen LogP contribution in [0.2, 0.25) is 0 Å². The van der Waals surface area contributed by atoms with Crippen molar-refractivity contribution in [1.29, 1.82) is 0 Å². The van der Waals surface area contributed by atoms with Crippen molar-refractivity contribution >= 4 is 33.7 Å². The number of amides is 1. The van der Waals surface area contributed by atoms with Crippen LogP contribution in [-0.2, 0) is 7.05 Å². The average Bonchev–Trinajstić information content (AvgIpc) is 3.54.